The summed E-state index contributed by atoms with van der Waals surface area (Å²) in [5, 5.41) is 0. The number of carbonyl (C=O) groups excluding carboxylic acids is 1. The zero-order chi connectivity index (χ0) is 28.0. The van der Waals surface area contributed by atoms with E-state index in [1.54, 1.807) is 18.2 Å². The number of aromatic nitrogens is 2. The molecule has 3 aliphatic heterocycles. The van der Waals surface area contributed by atoms with Gasteiger partial charge in [0.15, 0.2) is 0 Å². The Hall–Kier alpha value is -3.51. The molecule has 4 aromatic rings. The Morgan fingerprint density at radius 2 is 1.54 bits per heavy atom. The molecular weight excluding hydrogens is 511 g/mol. The maximum absolute atomic E-state index is 14.4. The van der Waals surface area contributed by atoms with Gasteiger partial charge in [0.05, 0.1) is 16.6 Å². The highest BCUT2D eigenvalue weighted by Crippen LogP contribution is 2.45. The van der Waals surface area contributed by atoms with Crippen molar-refractivity contribution in [2.75, 3.05) is 19.6 Å². The number of benzene rings is 3. The van der Waals surface area contributed by atoms with Crippen LogP contribution in [0.25, 0.3) is 11.0 Å². The van der Waals surface area contributed by atoms with Crippen molar-refractivity contribution >= 4 is 16.9 Å². The molecule has 4 heterocycles. The van der Waals surface area contributed by atoms with Gasteiger partial charge in [0.25, 0.3) is 5.91 Å². The molecule has 3 aliphatic rings. The monoisotopic (exact) mass is 550 g/mol. The molecule has 0 N–H and O–H groups in total. The van der Waals surface area contributed by atoms with Crippen LogP contribution in [0.1, 0.15) is 72.7 Å². The standard InChI is InChI=1S/C35H39FN4O/c1-25-37-32-13-7-8-14-33(32)40(25)29-23-27-15-16-28(24-29)39(27)22-19-35(26-9-3-2-4-10-26)17-20-38(21-18-35)34(41)30-11-5-6-12-31(30)36/h2-14,27-29H,15-24H2,1H3/t27-,28+,29+. The summed E-state index contributed by atoms with van der Waals surface area (Å²) in [6.45, 7) is 4.55. The van der Waals surface area contributed by atoms with Crippen LogP contribution >= 0.6 is 0 Å². The minimum atomic E-state index is -0.435. The van der Waals surface area contributed by atoms with E-state index >= 15 is 0 Å². The average Bonchev–Trinajstić information content (AvgIpc) is 3.47. The third kappa shape index (κ3) is 4.76. The third-order valence-corrected chi connectivity index (χ3v) is 10.3. The zero-order valence-corrected chi connectivity index (χ0v) is 23.9. The molecule has 0 saturated carbocycles. The molecular formula is C35H39FN4O. The van der Waals surface area contributed by atoms with Gasteiger partial charge in [-0.1, -0.05) is 54.6 Å². The fourth-order valence-electron chi connectivity index (χ4n) is 8.21. The first kappa shape index (κ1) is 26.4. The molecule has 6 heteroatoms. The molecule has 0 aliphatic carbocycles. The average molecular weight is 551 g/mol. The minimum absolute atomic E-state index is 0.0285. The lowest BCUT2D eigenvalue weighted by molar-refractivity contribution is 0.0603. The highest BCUT2D eigenvalue weighted by atomic mass is 19.1. The number of hydrogen-bond donors (Lipinski definition) is 0. The molecule has 3 atom stereocenters. The van der Waals surface area contributed by atoms with Crippen molar-refractivity contribution in [1.82, 2.24) is 19.4 Å². The van der Waals surface area contributed by atoms with Gasteiger partial charge in [-0.05, 0) is 93.7 Å². The van der Waals surface area contributed by atoms with Gasteiger partial charge in [-0.15, -0.1) is 0 Å². The second kappa shape index (κ2) is 10.7. The summed E-state index contributed by atoms with van der Waals surface area (Å²) in [6, 6.07) is 27.5. The molecule has 1 amide bonds. The molecule has 212 valence electrons. The van der Waals surface area contributed by atoms with Crippen LogP contribution in [0.3, 0.4) is 0 Å². The van der Waals surface area contributed by atoms with Crippen LogP contribution in [-0.4, -0.2) is 57.0 Å². The Labute approximate surface area is 242 Å². The maximum atomic E-state index is 14.4. The number of amides is 1. The normalized spacial score (nSPS) is 24.1. The number of para-hydroxylation sites is 2. The topological polar surface area (TPSA) is 41.4 Å². The first-order valence-corrected chi connectivity index (χ1v) is 15.3. The van der Waals surface area contributed by atoms with Gasteiger partial charge < -0.3 is 9.47 Å². The van der Waals surface area contributed by atoms with Gasteiger partial charge in [-0.2, -0.15) is 0 Å². The lowest BCUT2D eigenvalue weighted by Crippen LogP contribution is -2.49. The summed E-state index contributed by atoms with van der Waals surface area (Å²) in [7, 11) is 0. The summed E-state index contributed by atoms with van der Waals surface area (Å²) < 4.78 is 16.9. The number of fused-ring (bicyclic) bond motifs is 3. The van der Waals surface area contributed by atoms with Gasteiger partial charge in [-0.3, -0.25) is 9.69 Å². The SMILES string of the molecule is Cc1nc2ccccc2n1[C@H]1C[C@H]2CC[C@@H](C1)N2CCC1(c2ccccc2)CCN(C(=O)c2ccccc2F)CC1. The highest BCUT2D eigenvalue weighted by molar-refractivity contribution is 5.94. The summed E-state index contributed by atoms with van der Waals surface area (Å²) in [4.78, 5) is 22.7. The molecule has 0 radical (unpaired) electrons. The van der Waals surface area contributed by atoms with Gasteiger partial charge in [0, 0.05) is 31.2 Å². The molecule has 0 unspecified atom stereocenters. The Morgan fingerprint density at radius 3 is 2.27 bits per heavy atom. The number of aryl methyl sites for hydroxylation is 1. The van der Waals surface area contributed by atoms with E-state index in [2.05, 4.69) is 71.0 Å². The van der Waals surface area contributed by atoms with Gasteiger partial charge in [-0.25, -0.2) is 9.37 Å². The molecule has 3 fully saturated rings. The molecule has 3 aromatic carbocycles. The van der Waals surface area contributed by atoms with E-state index in [1.807, 2.05) is 4.90 Å². The van der Waals surface area contributed by atoms with Crippen LogP contribution in [0, 0.1) is 12.7 Å². The lowest BCUT2D eigenvalue weighted by Gasteiger charge is -2.45. The maximum Gasteiger partial charge on any atom is 0.256 e. The van der Waals surface area contributed by atoms with E-state index < -0.39 is 5.82 Å². The van der Waals surface area contributed by atoms with Crippen molar-refractivity contribution < 1.29 is 9.18 Å². The Morgan fingerprint density at radius 1 is 0.878 bits per heavy atom. The number of nitrogens with zero attached hydrogens (tertiary/aromatic N) is 4. The number of imidazole rings is 1. The van der Waals surface area contributed by atoms with Crippen LogP contribution in [0.4, 0.5) is 4.39 Å². The largest absolute Gasteiger partial charge is 0.338 e. The van der Waals surface area contributed by atoms with E-state index in [1.165, 1.54) is 42.8 Å². The van der Waals surface area contributed by atoms with Crippen LogP contribution in [0.5, 0.6) is 0 Å². The number of likely N-dealkylation sites (tertiary alicyclic amines) is 1. The van der Waals surface area contributed by atoms with Crippen LogP contribution in [0.2, 0.25) is 0 Å². The number of rotatable bonds is 6. The predicted octanol–water partition coefficient (Wildman–Crippen LogP) is 6.92. The molecule has 41 heavy (non-hydrogen) atoms. The number of halogens is 1. The highest BCUT2D eigenvalue weighted by Gasteiger charge is 2.44. The summed E-state index contributed by atoms with van der Waals surface area (Å²) in [6.07, 6.45) is 7.81. The quantitative estimate of drug-likeness (QED) is 0.262. The smallest absolute Gasteiger partial charge is 0.256 e. The molecule has 2 bridgehead atoms. The van der Waals surface area contributed by atoms with Crippen molar-refractivity contribution in [3.05, 3.63) is 102 Å². The third-order valence-electron chi connectivity index (χ3n) is 10.3. The van der Waals surface area contributed by atoms with Crippen LogP contribution < -0.4 is 0 Å². The van der Waals surface area contributed by atoms with Gasteiger partial charge in [0.1, 0.15) is 11.6 Å². The molecule has 1 aromatic heterocycles. The van der Waals surface area contributed by atoms with Crippen molar-refractivity contribution in [2.24, 2.45) is 0 Å². The molecule has 5 nitrogen and oxygen atoms in total. The van der Waals surface area contributed by atoms with Crippen molar-refractivity contribution in [3.8, 4) is 0 Å². The molecule has 0 spiro atoms. The molecule has 3 saturated heterocycles. The number of hydrogen-bond acceptors (Lipinski definition) is 3. The second-order valence-corrected chi connectivity index (χ2v) is 12.4. The zero-order valence-electron chi connectivity index (χ0n) is 23.9. The van der Waals surface area contributed by atoms with Crippen LogP contribution in [0.15, 0.2) is 78.9 Å². The Kier molecular flexibility index (Phi) is 6.90. The number of carbonyl (C=O) groups is 1. The van der Waals surface area contributed by atoms with E-state index in [9.17, 15) is 9.18 Å². The Bertz CT molecular complexity index is 1530. The van der Waals surface area contributed by atoms with E-state index in [0.29, 0.717) is 31.2 Å². The summed E-state index contributed by atoms with van der Waals surface area (Å²) in [5.74, 6) is 0.506. The fourth-order valence-corrected chi connectivity index (χ4v) is 8.21. The van der Waals surface area contributed by atoms with Gasteiger partial charge >= 0.3 is 0 Å². The fraction of sp³-hybridized carbons (Fsp3) is 0.429. The first-order valence-electron chi connectivity index (χ1n) is 15.3. The lowest BCUT2D eigenvalue weighted by atomic mass is 9.70. The van der Waals surface area contributed by atoms with E-state index in [-0.39, 0.29) is 16.9 Å². The number of piperidine rings is 2. The first-order chi connectivity index (χ1) is 20.0. The van der Waals surface area contributed by atoms with Crippen molar-refractivity contribution in [2.45, 2.75) is 75.4 Å². The van der Waals surface area contributed by atoms with Crippen molar-refractivity contribution in [1.29, 1.82) is 0 Å². The molecule has 7 rings (SSSR count). The second-order valence-electron chi connectivity index (χ2n) is 12.4. The van der Waals surface area contributed by atoms with Crippen LogP contribution in [-0.2, 0) is 5.41 Å². The Balaban J connectivity index is 1.07. The summed E-state index contributed by atoms with van der Waals surface area (Å²) in [5.41, 5.74) is 3.95. The van der Waals surface area contributed by atoms with E-state index in [4.69, 9.17) is 4.98 Å². The van der Waals surface area contributed by atoms with Gasteiger partial charge in [0.2, 0.25) is 0 Å². The minimum Gasteiger partial charge on any atom is -0.338 e. The predicted molar refractivity (Wildman–Crippen MR) is 161 cm³/mol. The van der Waals surface area contributed by atoms with E-state index in [0.717, 1.165) is 37.1 Å². The summed E-state index contributed by atoms with van der Waals surface area (Å²) >= 11 is 0. The van der Waals surface area contributed by atoms with Crippen molar-refractivity contribution in [3.63, 3.8) is 0 Å².